The van der Waals surface area contributed by atoms with Gasteiger partial charge in [0, 0.05) is 17.8 Å². The average Bonchev–Trinajstić information content (AvgIpc) is 2.37. The third-order valence-corrected chi connectivity index (χ3v) is 3.06. The van der Waals surface area contributed by atoms with E-state index in [-0.39, 0.29) is 11.9 Å². The van der Waals surface area contributed by atoms with Gasteiger partial charge in [-0.3, -0.25) is 4.79 Å². The number of benzene rings is 1. The second-order valence-corrected chi connectivity index (χ2v) is 4.96. The first-order chi connectivity index (χ1) is 8.97. The number of amides is 1. The second-order valence-electron chi connectivity index (χ2n) is 4.52. The molecule has 1 unspecified atom stereocenters. The van der Waals surface area contributed by atoms with Crippen LogP contribution >= 0.6 is 12.2 Å². The van der Waals surface area contributed by atoms with Crippen molar-refractivity contribution in [3.63, 3.8) is 0 Å². The largest absolute Gasteiger partial charge is 0.389 e. The Bertz CT molecular complexity index is 474. The molecule has 0 aliphatic carbocycles. The molecule has 0 aliphatic rings. The predicted octanol–water partition coefficient (Wildman–Crippen LogP) is 1.96. The molecule has 1 aromatic carbocycles. The van der Waals surface area contributed by atoms with Crippen LogP contribution in [-0.4, -0.2) is 23.5 Å². The molecule has 0 aromatic heterocycles. The van der Waals surface area contributed by atoms with Crippen molar-refractivity contribution in [2.75, 3.05) is 11.9 Å². The van der Waals surface area contributed by atoms with E-state index >= 15 is 0 Å². The van der Waals surface area contributed by atoms with Gasteiger partial charge in [0.05, 0.1) is 0 Å². The smallest absolute Gasteiger partial charge is 0.242 e. The first-order valence-electron chi connectivity index (χ1n) is 6.41. The van der Waals surface area contributed by atoms with E-state index in [2.05, 4.69) is 10.6 Å². The first kappa shape index (κ1) is 15.4. The Balaban J connectivity index is 2.87. The topological polar surface area (TPSA) is 67.2 Å². The molecule has 0 fully saturated rings. The lowest BCUT2D eigenvalue weighted by atomic mass is 10.1. The van der Waals surface area contributed by atoms with Gasteiger partial charge in [-0.05, 0) is 31.9 Å². The lowest BCUT2D eigenvalue weighted by Crippen LogP contribution is -2.38. The maximum atomic E-state index is 11.9. The number of nitrogens with one attached hydrogen (secondary N) is 2. The molecule has 1 amide bonds. The van der Waals surface area contributed by atoms with Crippen LogP contribution in [0.1, 0.15) is 31.4 Å². The Kier molecular flexibility index (Phi) is 5.76. The second kappa shape index (κ2) is 7.09. The van der Waals surface area contributed by atoms with Crippen molar-refractivity contribution in [1.29, 1.82) is 0 Å². The van der Waals surface area contributed by atoms with Gasteiger partial charge in [0.2, 0.25) is 5.91 Å². The lowest BCUT2D eigenvalue weighted by Gasteiger charge is -2.19. The van der Waals surface area contributed by atoms with Gasteiger partial charge in [0.15, 0.2) is 0 Å². The van der Waals surface area contributed by atoms with Gasteiger partial charge in [-0.1, -0.05) is 31.3 Å². The normalized spacial score (nSPS) is 11.7. The highest BCUT2D eigenvalue weighted by atomic mass is 32.1. The molecular weight excluding hydrogens is 258 g/mol. The summed E-state index contributed by atoms with van der Waals surface area (Å²) < 4.78 is 0. The third-order valence-electron chi connectivity index (χ3n) is 2.84. The molecule has 0 saturated heterocycles. The van der Waals surface area contributed by atoms with Gasteiger partial charge in [-0.2, -0.15) is 0 Å². The van der Waals surface area contributed by atoms with Crippen LogP contribution in [-0.2, 0) is 4.79 Å². The SMILES string of the molecule is CCCNC(=O)C(C)Nc1c(C)cccc1C(N)=S. The molecule has 1 atom stereocenters. The van der Waals surface area contributed by atoms with Gasteiger partial charge >= 0.3 is 0 Å². The van der Waals surface area contributed by atoms with Crippen LogP contribution in [0.3, 0.4) is 0 Å². The fraction of sp³-hybridized carbons (Fsp3) is 0.429. The van der Waals surface area contributed by atoms with Crippen molar-refractivity contribution in [2.24, 2.45) is 5.73 Å². The number of rotatable bonds is 6. The van der Waals surface area contributed by atoms with Gasteiger partial charge in [0.25, 0.3) is 0 Å². The molecule has 19 heavy (non-hydrogen) atoms. The molecule has 1 aromatic rings. The summed E-state index contributed by atoms with van der Waals surface area (Å²) in [6, 6.07) is 5.38. The molecule has 0 spiro atoms. The van der Waals surface area contributed by atoms with Crippen LogP contribution in [0.2, 0.25) is 0 Å². The summed E-state index contributed by atoms with van der Waals surface area (Å²) in [6.45, 7) is 6.48. The highest BCUT2D eigenvalue weighted by molar-refractivity contribution is 7.80. The van der Waals surface area contributed by atoms with Crippen LogP contribution in [0.5, 0.6) is 0 Å². The minimum absolute atomic E-state index is 0.0287. The number of anilines is 1. The van der Waals surface area contributed by atoms with E-state index in [9.17, 15) is 4.79 Å². The van der Waals surface area contributed by atoms with Crippen LogP contribution < -0.4 is 16.4 Å². The van der Waals surface area contributed by atoms with Crippen LogP contribution in [0.25, 0.3) is 0 Å². The summed E-state index contributed by atoms with van der Waals surface area (Å²) in [5, 5.41) is 6.04. The third kappa shape index (κ3) is 4.21. The van der Waals surface area contributed by atoms with E-state index in [4.69, 9.17) is 18.0 Å². The summed E-state index contributed by atoms with van der Waals surface area (Å²) in [5.41, 5.74) is 8.32. The van der Waals surface area contributed by atoms with Gasteiger partial charge in [-0.15, -0.1) is 0 Å². The molecule has 4 nitrogen and oxygen atoms in total. The maximum absolute atomic E-state index is 11.9. The quantitative estimate of drug-likeness (QED) is 0.696. The first-order valence-corrected chi connectivity index (χ1v) is 6.81. The lowest BCUT2D eigenvalue weighted by molar-refractivity contribution is -0.121. The van der Waals surface area contributed by atoms with Crippen molar-refractivity contribution in [3.8, 4) is 0 Å². The minimum Gasteiger partial charge on any atom is -0.389 e. The zero-order valence-corrected chi connectivity index (χ0v) is 12.4. The molecule has 104 valence electrons. The molecule has 5 heteroatoms. The molecule has 0 aliphatic heterocycles. The number of para-hydroxylation sites is 1. The summed E-state index contributed by atoms with van der Waals surface area (Å²) >= 11 is 5.03. The fourth-order valence-corrected chi connectivity index (χ4v) is 1.92. The standard InChI is InChI=1S/C14H21N3OS/c1-4-8-16-14(18)10(3)17-12-9(2)6-5-7-11(12)13(15)19/h5-7,10,17H,4,8H2,1-3H3,(H2,15,19)(H,16,18). The molecule has 1 rings (SSSR count). The van der Waals surface area contributed by atoms with Crippen molar-refractivity contribution in [1.82, 2.24) is 5.32 Å². The molecule has 0 heterocycles. The van der Waals surface area contributed by atoms with E-state index in [0.29, 0.717) is 11.5 Å². The number of aryl methyl sites for hydroxylation is 1. The van der Waals surface area contributed by atoms with E-state index in [1.54, 1.807) is 0 Å². The summed E-state index contributed by atoms with van der Waals surface area (Å²) in [7, 11) is 0. The average molecular weight is 279 g/mol. The molecule has 0 saturated carbocycles. The number of nitrogens with two attached hydrogens (primary N) is 1. The van der Waals surface area contributed by atoms with E-state index in [1.165, 1.54) is 0 Å². The monoisotopic (exact) mass is 279 g/mol. The number of carbonyl (C=O) groups is 1. The zero-order valence-electron chi connectivity index (χ0n) is 11.6. The number of carbonyl (C=O) groups excluding carboxylic acids is 1. The Morgan fingerprint density at radius 3 is 2.74 bits per heavy atom. The Hall–Kier alpha value is -1.62. The number of hydrogen-bond acceptors (Lipinski definition) is 3. The molecule has 0 radical (unpaired) electrons. The summed E-state index contributed by atoms with van der Waals surface area (Å²) in [5.74, 6) is -0.0287. The van der Waals surface area contributed by atoms with Crippen LogP contribution in [0, 0.1) is 6.92 Å². The molecular formula is C14H21N3OS. The van der Waals surface area contributed by atoms with Crippen molar-refractivity contribution in [2.45, 2.75) is 33.2 Å². The number of thiocarbonyl (C=S) groups is 1. The molecule has 4 N–H and O–H groups in total. The van der Waals surface area contributed by atoms with Crippen molar-refractivity contribution >= 4 is 28.8 Å². The summed E-state index contributed by atoms with van der Waals surface area (Å²) in [4.78, 5) is 12.2. The van der Waals surface area contributed by atoms with E-state index in [1.807, 2.05) is 39.0 Å². The highest BCUT2D eigenvalue weighted by Crippen LogP contribution is 2.21. The highest BCUT2D eigenvalue weighted by Gasteiger charge is 2.15. The van der Waals surface area contributed by atoms with Crippen LogP contribution in [0.15, 0.2) is 18.2 Å². The van der Waals surface area contributed by atoms with E-state index in [0.717, 1.165) is 23.2 Å². The predicted molar refractivity (Wildman–Crippen MR) is 83.5 cm³/mol. The van der Waals surface area contributed by atoms with Gasteiger partial charge in [0.1, 0.15) is 11.0 Å². The Morgan fingerprint density at radius 2 is 2.16 bits per heavy atom. The number of hydrogen-bond donors (Lipinski definition) is 3. The van der Waals surface area contributed by atoms with Crippen LogP contribution in [0.4, 0.5) is 5.69 Å². The van der Waals surface area contributed by atoms with Crippen molar-refractivity contribution < 1.29 is 4.79 Å². The summed E-state index contributed by atoms with van der Waals surface area (Å²) in [6.07, 6.45) is 0.918. The Morgan fingerprint density at radius 1 is 1.47 bits per heavy atom. The van der Waals surface area contributed by atoms with Gasteiger partial charge in [-0.25, -0.2) is 0 Å². The molecule has 0 bridgehead atoms. The fourth-order valence-electron chi connectivity index (χ4n) is 1.75. The minimum atomic E-state index is -0.333. The van der Waals surface area contributed by atoms with Gasteiger partial charge < -0.3 is 16.4 Å². The Labute approximate surface area is 119 Å². The van der Waals surface area contributed by atoms with E-state index < -0.39 is 0 Å². The maximum Gasteiger partial charge on any atom is 0.242 e. The van der Waals surface area contributed by atoms with Crippen molar-refractivity contribution in [3.05, 3.63) is 29.3 Å². The zero-order chi connectivity index (χ0) is 14.4.